The lowest BCUT2D eigenvalue weighted by molar-refractivity contribution is 0.487. The van der Waals surface area contributed by atoms with Crippen molar-refractivity contribution in [2.75, 3.05) is 7.05 Å². The zero-order chi connectivity index (χ0) is 11.5. The van der Waals surface area contributed by atoms with Gasteiger partial charge in [-0.2, -0.15) is 0 Å². The Hall–Kier alpha value is -0.560. The molecule has 0 saturated heterocycles. The Bertz CT molecular complexity index is 389. The first kappa shape index (κ1) is 14.5. The summed E-state index contributed by atoms with van der Waals surface area (Å²) in [6.07, 6.45) is 4.05. The van der Waals surface area contributed by atoms with Crippen molar-refractivity contribution in [2.45, 2.75) is 25.4 Å². The fourth-order valence-corrected chi connectivity index (χ4v) is 1.53. The molecule has 0 bridgehead atoms. The molecule has 1 saturated carbocycles. The molecule has 1 aliphatic rings. The van der Waals surface area contributed by atoms with E-state index in [0.717, 1.165) is 5.69 Å². The van der Waals surface area contributed by atoms with E-state index < -0.39 is 0 Å². The van der Waals surface area contributed by atoms with Crippen LogP contribution < -0.4 is 5.73 Å². The van der Waals surface area contributed by atoms with Crippen LogP contribution in [0, 0.1) is 0 Å². The number of hydrogen-bond acceptors (Lipinski definition) is 2. The van der Waals surface area contributed by atoms with Gasteiger partial charge in [0.25, 0.3) is 0 Å². The summed E-state index contributed by atoms with van der Waals surface area (Å²) in [4.78, 5) is 10.5. The predicted octanol–water partition coefficient (Wildman–Crippen LogP) is 2.26. The number of halogens is 2. The monoisotopic (exact) mass is 366 g/mol. The predicted molar refractivity (Wildman–Crippen MR) is 80.8 cm³/mol. The summed E-state index contributed by atoms with van der Waals surface area (Å²) in [6.45, 7) is 0.500. The molecule has 1 fully saturated rings. The summed E-state index contributed by atoms with van der Waals surface area (Å²) < 4.78 is 0. The fraction of sp³-hybridized carbons (Fsp3) is 0.455. The first-order valence-electron chi connectivity index (χ1n) is 5.30. The van der Waals surface area contributed by atoms with E-state index in [9.17, 15) is 0 Å². The minimum absolute atomic E-state index is 0. The Labute approximate surface area is 123 Å². The molecule has 2 rings (SSSR count). The van der Waals surface area contributed by atoms with Crippen molar-refractivity contribution in [1.29, 1.82) is 0 Å². The van der Waals surface area contributed by atoms with Crippen molar-refractivity contribution in [3.05, 3.63) is 29.0 Å². The van der Waals surface area contributed by atoms with Crippen LogP contribution in [0.2, 0.25) is 5.02 Å². The number of nitrogens with two attached hydrogens (primary N) is 1. The Morgan fingerprint density at radius 1 is 1.59 bits per heavy atom. The van der Waals surface area contributed by atoms with Gasteiger partial charge in [-0.05, 0) is 25.0 Å². The van der Waals surface area contributed by atoms with Crippen LogP contribution in [0.15, 0.2) is 23.3 Å². The molecule has 94 valence electrons. The summed E-state index contributed by atoms with van der Waals surface area (Å²) in [5.41, 5.74) is 6.73. The SMILES string of the molecule is CN(C(N)=NCc1ccc(Cl)cn1)C1CC1.I. The van der Waals surface area contributed by atoms with Crippen LogP contribution in [-0.2, 0) is 6.54 Å². The van der Waals surface area contributed by atoms with Crippen molar-refractivity contribution in [3.63, 3.8) is 0 Å². The van der Waals surface area contributed by atoms with Crippen molar-refractivity contribution < 1.29 is 0 Å². The van der Waals surface area contributed by atoms with Crippen LogP contribution in [0.4, 0.5) is 0 Å². The number of hydrogen-bond donors (Lipinski definition) is 1. The topological polar surface area (TPSA) is 54.5 Å². The minimum atomic E-state index is 0. The first-order valence-corrected chi connectivity index (χ1v) is 5.68. The third kappa shape index (κ3) is 4.31. The molecule has 0 spiro atoms. The highest BCUT2D eigenvalue weighted by Gasteiger charge is 2.27. The van der Waals surface area contributed by atoms with Gasteiger partial charge in [0.2, 0.25) is 0 Å². The van der Waals surface area contributed by atoms with E-state index in [-0.39, 0.29) is 24.0 Å². The van der Waals surface area contributed by atoms with Gasteiger partial charge in [-0.15, -0.1) is 24.0 Å². The van der Waals surface area contributed by atoms with Crippen molar-refractivity contribution in [3.8, 4) is 0 Å². The van der Waals surface area contributed by atoms with Gasteiger partial charge in [-0.3, -0.25) is 4.98 Å². The molecule has 2 N–H and O–H groups in total. The molecule has 0 aliphatic heterocycles. The standard InChI is InChI=1S/C11H15ClN4.HI/c1-16(10-4-5-10)11(13)15-7-9-3-2-8(12)6-14-9;/h2-3,6,10H,4-5,7H2,1H3,(H2,13,15);1H. The van der Waals surface area contributed by atoms with Gasteiger partial charge in [-0.25, -0.2) is 4.99 Å². The molecule has 6 heteroatoms. The van der Waals surface area contributed by atoms with E-state index in [1.807, 2.05) is 18.0 Å². The molecule has 1 heterocycles. The number of nitrogens with zero attached hydrogens (tertiary/aromatic N) is 3. The normalized spacial score (nSPS) is 15.3. The number of rotatable bonds is 3. The lowest BCUT2D eigenvalue weighted by atomic mass is 10.3. The molecule has 0 radical (unpaired) electrons. The maximum atomic E-state index is 5.86. The summed E-state index contributed by atoms with van der Waals surface area (Å²) in [5.74, 6) is 0.583. The van der Waals surface area contributed by atoms with Gasteiger partial charge in [0.05, 0.1) is 17.3 Å². The number of aliphatic imine (C=N–C) groups is 1. The van der Waals surface area contributed by atoms with Crippen molar-refractivity contribution in [2.24, 2.45) is 10.7 Å². The summed E-state index contributed by atoms with van der Waals surface area (Å²) in [6, 6.07) is 4.25. The largest absolute Gasteiger partial charge is 0.370 e. The third-order valence-corrected chi connectivity index (χ3v) is 2.87. The van der Waals surface area contributed by atoms with E-state index in [1.165, 1.54) is 12.8 Å². The van der Waals surface area contributed by atoms with Crippen LogP contribution in [0.5, 0.6) is 0 Å². The van der Waals surface area contributed by atoms with Crippen LogP contribution in [0.1, 0.15) is 18.5 Å². The average molecular weight is 367 g/mol. The molecular formula is C11H16ClIN4. The average Bonchev–Trinajstić information content (AvgIpc) is 3.11. The molecule has 1 aromatic heterocycles. The van der Waals surface area contributed by atoms with Crippen LogP contribution in [-0.4, -0.2) is 28.9 Å². The maximum absolute atomic E-state index is 5.86. The lowest BCUT2D eigenvalue weighted by Crippen LogP contribution is -2.35. The van der Waals surface area contributed by atoms with Gasteiger partial charge >= 0.3 is 0 Å². The molecule has 0 unspecified atom stereocenters. The number of guanidine groups is 1. The third-order valence-electron chi connectivity index (χ3n) is 2.65. The summed E-state index contributed by atoms with van der Waals surface area (Å²) >= 11 is 5.74. The van der Waals surface area contributed by atoms with Gasteiger partial charge in [0, 0.05) is 19.3 Å². The van der Waals surface area contributed by atoms with Crippen LogP contribution in [0.25, 0.3) is 0 Å². The summed E-state index contributed by atoms with van der Waals surface area (Å²) in [7, 11) is 1.98. The molecular weight excluding hydrogens is 351 g/mol. The lowest BCUT2D eigenvalue weighted by Gasteiger charge is -2.16. The second-order valence-electron chi connectivity index (χ2n) is 3.98. The van der Waals surface area contributed by atoms with Gasteiger partial charge in [0.1, 0.15) is 0 Å². The Morgan fingerprint density at radius 2 is 2.29 bits per heavy atom. The molecule has 4 nitrogen and oxygen atoms in total. The Morgan fingerprint density at radius 3 is 2.82 bits per heavy atom. The van der Waals surface area contributed by atoms with Crippen molar-refractivity contribution >= 4 is 41.5 Å². The number of aromatic nitrogens is 1. The minimum Gasteiger partial charge on any atom is -0.370 e. The number of pyridine rings is 1. The zero-order valence-electron chi connectivity index (χ0n) is 9.64. The Kier molecular flexibility index (Phi) is 5.45. The second kappa shape index (κ2) is 6.39. The Balaban J connectivity index is 0.00000144. The molecule has 0 amide bonds. The van der Waals surface area contributed by atoms with E-state index in [1.54, 1.807) is 12.3 Å². The summed E-state index contributed by atoms with van der Waals surface area (Å²) in [5, 5.41) is 0.635. The van der Waals surface area contributed by atoms with E-state index in [0.29, 0.717) is 23.6 Å². The molecule has 1 aliphatic carbocycles. The first-order chi connectivity index (χ1) is 7.66. The smallest absolute Gasteiger partial charge is 0.191 e. The van der Waals surface area contributed by atoms with Gasteiger partial charge in [0.15, 0.2) is 5.96 Å². The molecule has 1 aromatic rings. The van der Waals surface area contributed by atoms with Crippen molar-refractivity contribution in [1.82, 2.24) is 9.88 Å². The van der Waals surface area contributed by atoms with E-state index in [2.05, 4.69) is 9.98 Å². The molecule has 0 atom stereocenters. The van der Waals surface area contributed by atoms with Crippen LogP contribution in [0.3, 0.4) is 0 Å². The van der Waals surface area contributed by atoms with Gasteiger partial charge in [-0.1, -0.05) is 11.6 Å². The van der Waals surface area contributed by atoms with Gasteiger partial charge < -0.3 is 10.6 Å². The van der Waals surface area contributed by atoms with Crippen LogP contribution >= 0.6 is 35.6 Å². The second-order valence-corrected chi connectivity index (χ2v) is 4.42. The van der Waals surface area contributed by atoms with E-state index in [4.69, 9.17) is 17.3 Å². The molecule has 0 aromatic carbocycles. The maximum Gasteiger partial charge on any atom is 0.191 e. The fourth-order valence-electron chi connectivity index (χ4n) is 1.42. The highest BCUT2D eigenvalue weighted by molar-refractivity contribution is 14.0. The highest BCUT2D eigenvalue weighted by Crippen LogP contribution is 2.24. The van der Waals surface area contributed by atoms with E-state index >= 15 is 0 Å². The zero-order valence-corrected chi connectivity index (χ0v) is 12.7. The molecule has 17 heavy (non-hydrogen) atoms. The highest BCUT2D eigenvalue weighted by atomic mass is 127. The quantitative estimate of drug-likeness (QED) is 0.507.